The van der Waals surface area contributed by atoms with Crippen molar-refractivity contribution in [2.24, 2.45) is 0 Å². The van der Waals surface area contributed by atoms with Crippen LogP contribution in [0.5, 0.6) is 0 Å². The number of aliphatic carboxylic acids is 1. The van der Waals surface area contributed by atoms with Crippen LogP contribution in [0.2, 0.25) is 0 Å². The quantitative estimate of drug-likeness (QED) is 0.586. The van der Waals surface area contributed by atoms with E-state index in [1.807, 2.05) is 66.7 Å². The third-order valence-corrected chi connectivity index (χ3v) is 5.54. The van der Waals surface area contributed by atoms with E-state index >= 15 is 0 Å². The minimum atomic E-state index is -0.845. The van der Waals surface area contributed by atoms with Gasteiger partial charge in [0.25, 0.3) is 0 Å². The number of nitrogens with zero attached hydrogens (tertiary/aromatic N) is 2. The van der Waals surface area contributed by atoms with Gasteiger partial charge >= 0.3 is 5.97 Å². The number of carboxylic acids is 1. The Morgan fingerprint density at radius 2 is 1.63 bits per heavy atom. The van der Waals surface area contributed by atoms with Crippen molar-refractivity contribution in [3.8, 4) is 0 Å². The number of pyridine rings is 1. The second-order valence-corrected chi connectivity index (χ2v) is 7.35. The Kier molecular flexibility index (Phi) is 6.53. The first kappa shape index (κ1) is 21.5. The highest BCUT2D eigenvalue weighted by Gasteiger charge is 2.50. The molecule has 4 rings (SSSR count). The van der Waals surface area contributed by atoms with Gasteiger partial charge in [-0.05, 0) is 60.7 Å². The smallest absolute Gasteiger partial charge is 0.303 e. The van der Waals surface area contributed by atoms with Crippen molar-refractivity contribution in [3.63, 3.8) is 0 Å². The van der Waals surface area contributed by atoms with Gasteiger partial charge in [-0.25, -0.2) is 0 Å². The van der Waals surface area contributed by atoms with Crippen molar-refractivity contribution in [1.82, 2.24) is 4.98 Å². The standard InChI is InChI=1S/C24H22N2O3.ClH/c27-22(28)11-6-14-24(17-18-12-15-25-16-13-18)20-9-4-5-10-21(20)26(23(24)29)19-7-2-1-3-8-19;/h1-5,7-10,12-13,15-16H,6,11,14,17H2,(H,27,28);1H. The van der Waals surface area contributed by atoms with E-state index in [2.05, 4.69) is 4.98 Å². The molecule has 1 unspecified atom stereocenters. The molecule has 0 bridgehead atoms. The zero-order chi connectivity index (χ0) is 20.3. The van der Waals surface area contributed by atoms with Crippen LogP contribution in [-0.4, -0.2) is 22.0 Å². The van der Waals surface area contributed by atoms with Crippen LogP contribution in [0.15, 0.2) is 79.1 Å². The number of hydrogen-bond donors (Lipinski definition) is 1. The predicted octanol–water partition coefficient (Wildman–Crippen LogP) is 4.92. The number of anilines is 2. The van der Waals surface area contributed by atoms with Crippen LogP contribution >= 0.6 is 12.4 Å². The van der Waals surface area contributed by atoms with Crippen molar-refractivity contribution in [2.75, 3.05) is 4.90 Å². The zero-order valence-electron chi connectivity index (χ0n) is 16.4. The van der Waals surface area contributed by atoms with E-state index < -0.39 is 11.4 Å². The molecule has 1 N–H and O–H groups in total. The number of aromatic nitrogens is 1. The maximum atomic E-state index is 13.9. The molecule has 0 fully saturated rings. The first-order chi connectivity index (χ1) is 14.1. The molecule has 1 amide bonds. The van der Waals surface area contributed by atoms with Crippen molar-refractivity contribution in [2.45, 2.75) is 31.1 Å². The lowest BCUT2D eigenvalue weighted by Crippen LogP contribution is -2.40. The summed E-state index contributed by atoms with van der Waals surface area (Å²) in [6.45, 7) is 0. The lowest BCUT2D eigenvalue weighted by atomic mass is 9.73. The van der Waals surface area contributed by atoms with E-state index in [4.69, 9.17) is 5.11 Å². The molecule has 0 radical (unpaired) electrons. The number of carbonyl (C=O) groups is 2. The summed E-state index contributed by atoms with van der Waals surface area (Å²) in [5.41, 5.74) is 2.85. The lowest BCUT2D eigenvalue weighted by molar-refractivity contribution is -0.137. The van der Waals surface area contributed by atoms with Gasteiger partial charge < -0.3 is 5.11 Å². The fourth-order valence-corrected chi connectivity index (χ4v) is 4.24. The van der Waals surface area contributed by atoms with Gasteiger partial charge in [0.1, 0.15) is 0 Å². The fraction of sp³-hybridized carbons (Fsp3) is 0.208. The summed E-state index contributed by atoms with van der Waals surface area (Å²) in [6.07, 6.45) is 4.90. The Bertz CT molecular complexity index is 1030. The average molecular weight is 423 g/mol. The summed E-state index contributed by atoms with van der Waals surface area (Å²) in [5, 5.41) is 9.15. The second kappa shape index (κ2) is 9.09. The number of benzene rings is 2. The van der Waals surface area contributed by atoms with Crippen molar-refractivity contribution in [1.29, 1.82) is 0 Å². The molecule has 2 aromatic carbocycles. The minimum Gasteiger partial charge on any atom is -0.481 e. The third-order valence-electron chi connectivity index (χ3n) is 5.54. The van der Waals surface area contributed by atoms with E-state index in [1.165, 1.54) is 0 Å². The van der Waals surface area contributed by atoms with Gasteiger partial charge in [-0.15, -0.1) is 12.4 Å². The van der Waals surface area contributed by atoms with Crippen LogP contribution in [0.25, 0.3) is 0 Å². The van der Waals surface area contributed by atoms with Crippen LogP contribution < -0.4 is 4.90 Å². The summed E-state index contributed by atoms with van der Waals surface area (Å²) >= 11 is 0. The van der Waals surface area contributed by atoms with E-state index in [1.54, 1.807) is 17.3 Å². The summed E-state index contributed by atoms with van der Waals surface area (Å²) in [6, 6.07) is 21.3. The highest BCUT2D eigenvalue weighted by molar-refractivity contribution is 6.13. The average Bonchev–Trinajstić information content (AvgIpc) is 2.97. The number of hydrogen-bond acceptors (Lipinski definition) is 3. The Hall–Kier alpha value is -3.18. The molecule has 1 aliphatic rings. The van der Waals surface area contributed by atoms with Gasteiger partial charge in [0.05, 0.1) is 11.1 Å². The molecule has 30 heavy (non-hydrogen) atoms. The number of rotatable bonds is 7. The van der Waals surface area contributed by atoms with Crippen LogP contribution in [0.1, 0.15) is 30.4 Å². The van der Waals surface area contributed by atoms with Crippen LogP contribution in [0, 0.1) is 0 Å². The largest absolute Gasteiger partial charge is 0.481 e. The van der Waals surface area contributed by atoms with Crippen molar-refractivity contribution in [3.05, 3.63) is 90.3 Å². The summed E-state index contributed by atoms with van der Waals surface area (Å²) in [7, 11) is 0. The first-order valence-electron chi connectivity index (χ1n) is 9.72. The van der Waals surface area contributed by atoms with Crippen molar-refractivity contribution >= 4 is 35.7 Å². The molecule has 1 aromatic heterocycles. The van der Waals surface area contributed by atoms with E-state index in [-0.39, 0.29) is 24.7 Å². The molecule has 0 saturated heterocycles. The van der Waals surface area contributed by atoms with Gasteiger partial charge in [-0.3, -0.25) is 19.5 Å². The molecule has 154 valence electrons. The van der Waals surface area contributed by atoms with E-state index in [0.717, 1.165) is 22.5 Å². The Balaban J connectivity index is 0.00000256. The number of halogens is 1. The molecule has 3 aromatic rings. The first-order valence-corrected chi connectivity index (χ1v) is 9.72. The second-order valence-electron chi connectivity index (χ2n) is 7.35. The van der Waals surface area contributed by atoms with Gasteiger partial charge in [0, 0.05) is 24.5 Å². The van der Waals surface area contributed by atoms with Crippen molar-refractivity contribution < 1.29 is 14.7 Å². The van der Waals surface area contributed by atoms with Gasteiger partial charge in [0.2, 0.25) is 5.91 Å². The number of para-hydroxylation sites is 2. The SMILES string of the molecule is Cl.O=C(O)CCCC1(Cc2ccncc2)C(=O)N(c2ccccc2)c2ccccc21. The third kappa shape index (κ3) is 3.94. The highest BCUT2D eigenvalue weighted by atomic mass is 35.5. The summed E-state index contributed by atoms with van der Waals surface area (Å²) < 4.78 is 0. The monoisotopic (exact) mass is 422 g/mol. The topological polar surface area (TPSA) is 70.5 Å². The van der Waals surface area contributed by atoms with E-state index in [9.17, 15) is 9.59 Å². The Labute approximate surface area is 181 Å². The van der Waals surface area contributed by atoms with Gasteiger partial charge in [-0.2, -0.15) is 0 Å². The molecule has 0 saturated carbocycles. The molecule has 1 aliphatic heterocycles. The van der Waals surface area contributed by atoms with Crippen LogP contribution in [-0.2, 0) is 21.4 Å². The number of carboxylic acid groups (broad SMARTS) is 1. The molecule has 2 heterocycles. The normalized spacial score (nSPS) is 17.3. The number of carbonyl (C=O) groups excluding carboxylic acids is 1. The van der Waals surface area contributed by atoms with Gasteiger partial charge in [0.15, 0.2) is 0 Å². The molecule has 0 aliphatic carbocycles. The zero-order valence-corrected chi connectivity index (χ0v) is 17.2. The fourth-order valence-electron chi connectivity index (χ4n) is 4.24. The predicted molar refractivity (Wildman–Crippen MR) is 118 cm³/mol. The molecular formula is C24H23ClN2O3. The molecule has 1 atom stereocenters. The Morgan fingerprint density at radius 1 is 0.967 bits per heavy atom. The highest BCUT2D eigenvalue weighted by Crippen LogP contribution is 2.49. The molecule has 6 heteroatoms. The van der Waals surface area contributed by atoms with Gasteiger partial charge in [-0.1, -0.05) is 36.4 Å². The summed E-state index contributed by atoms with van der Waals surface area (Å²) in [4.78, 5) is 30.9. The molecular weight excluding hydrogens is 400 g/mol. The summed E-state index contributed by atoms with van der Waals surface area (Å²) in [5.74, 6) is -0.852. The number of amides is 1. The maximum absolute atomic E-state index is 13.9. The Morgan fingerprint density at radius 3 is 2.33 bits per heavy atom. The lowest BCUT2D eigenvalue weighted by Gasteiger charge is -2.29. The maximum Gasteiger partial charge on any atom is 0.303 e. The molecule has 5 nitrogen and oxygen atoms in total. The number of fused-ring (bicyclic) bond motifs is 1. The minimum absolute atomic E-state index is 0. The van der Waals surface area contributed by atoms with Crippen LogP contribution in [0.4, 0.5) is 11.4 Å². The van der Waals surface area contributed by atoms with Crippen LogP contribution in [0.3, 0.4) is 0 Å². The van der Waals surface area contributed by atoms with E-state index in [0.29, 0.717) is 19.3 Å². The molecule has 0 spiro atoms.